The molecule has 0 unspecified atom stereocenters. The van der Waals surface area contributed by atoms with E-state index in [1.807, 2.05) is 13.8 Å². The molecule has 0 saturated carbocycles. The van der Waals surface area contributed by atoms with E-state index in [1.54, 1.807) is 0 Å². The van der Waals surface area contributed by atoms with Crippen LogP contribution in [0.1, 0.15) is 55.4 Å². The molecule has 204 valence electrons. The van der Waals surface area contributed by atoms with Gasteiger partial charge in [-0.1, -0.05) is 38.1 Å². The van der Waals surface area contributed by atoms with Crippen LogP contribution in [0.3, 0.4) is 0 Å². The summed E-state index contributed by atoms with van der Waals surface area (Å²) in [5.41, 5.74) is -3.54. The van der Waals surface area contributed by atoms with Gasteiger partial charge in [0.15, 0.2) is 0 Å². The highest BCUT2D eigenvalue weighted by Gasteiger charge is 2.37. The van der Waals surface area contributed by atoms with Crippen LogP contribution in [0.15, 0.2) is 60.7 Å². The molecule has 3 rings (SSSR count). The van der Waals surface area contributed by atoms with Crippen molar-refractivity contribution in [2.45, 2.75) is 51.6 Å². The van der Waals surface area contributed by atoms with E-state index in [2.05, 4.69) is 0 Å². The van der Waals surface area contributed by atoms with Crippen molar-refractivity contribution in [2.75, 3.05) is 0 Å². The predicted octanol–water partition coefficient (Wildman–Crippen LogP) is 9.80. The molecule has 0 N–H and O–H groups in total. The van der Waals surface area contributed by atoms with Gasteiger partial charge in [-0.05, 0) is 83.5 Å². The first-order valence-corrected chi connectivity index (χ1v) is 11.5. The second kappa shape index (κ2) is 10.5. The molecule has 0 aliphatic carbocycles. The summed E-state index contributed by atoms with van der Waals surface area (Å²) in [6, 6.07) is 9.32. The fourth-order valence-electron chi connectivity index (χ4n) is 4.17. The van der Waals surface area contributed by atoms with Crippen LogP contribution in [-0.2, 0) is 23.3 Å². The molecule has 3 aromatic rings. The van der Waals surface area contributed by atoms with Crippen LogP contribution in [0.5, 0.6) is 0 Å². The standard InChI is InChI=1S/C28H23F9O/c1-15(2)8-25(16(3)38)21-10-18(17-4-6-22(7-5-17)26(29,30)31)9-19(11-21)20-12-23(27(32,33)34)14-24(13-20)28(35,36)37/h4-7,9-15,25H,8H2,1-3H3/t25-/m0/s1. The monoisotopic (exact) mass is 546 g/mol. The highest BCUT2D eigenvalue weighted by molar-refractivity contribution is 5.85. The minimum Gasteiger partial charge on any atom is -0.299 e. The van der Waals surface area contributed by atoms with E-state index in [4.69, 9.17) is 0 Å². The van der Waals surface area contributed by atoms with Crippen molar-refractivity contribution in [1.29, 1.82) is 0 Å². The van der Waals surface area contributed by atoms with Crippen molar-refractivity contribution in [2.24, 2.45) is 5.92 Å². The average molecular weight is 546 g/mol. The Labute approximate surface area is 213 Å². The van der Waals surface area contributed by atoms with Gasteiger partial charge < -0.3 is 0 Å². The van der Waals surface area contributed by atoms with E-state index < -0.39 is 46.7 Å². The van der Waals surface area contributed by atoms with Gasteiger partial charge in [0.25, 0.3) is 0 Å². The molecule has 0 aliphatic heterocycles. The van der Waals surface area contributed by atoms with Crippen LogP contribution in [0, 0.1) is 5.92 Å². The first-order valence-electron chi connectivity index (χ1n) is 11.5. The first-order chi connectivity index (χ1) is 17.4. The normalized spacial score (nSPS) is 13.6. The molecule has 38 heavy (non-hydrogen) atoms. The van der Waals surface area contributed by atoms with Crippen molar-refractivity contribution in [1.82, 2.24) is 0 Å². The Morgan fingerprint density at radius 1 is 0.605 bits per heavy atom. The largest absolute Gasteiger partial charge is 0.416 e. The Kier molecular flexibility index (Phi) is 8.05. The molecule has 0 radical (unpaired) electrons. The quantitative estimate of drug-likeness (QED) is 0.281. The van der Waals surface area contributed by atoms with Gasteiger partial charge in [0, 0.05) is 5.92 Å². The number of hydrogen-bond donors (Lipinski definition) is 0. The fraction of sp³-hybridized carbons (Fsp3) is 0.321. The number of Topliss-reactive ketones (excluding diaryl/α,β-unsaturated/α-hetero) is 1. The third kappa shape index (κ3) is 6.96. The van der Waals surface area contributed by atoms with E-state index in [0.29, 0.717) is 24.1 Å². The van der Waals surface area contributed by atoms with Crippen LogP contribution in [0.2, 0.25) is 0 Å². The number of alkyl halides is 9. The second-order valence-corrected chi connectivity index (χ2v) is 9.51. The third-order valence-electron chi connectivity index (χ3n) is 6.02. The molecule has 0 fully saturated rings. The maximum absolute atomic E-state index is 13.5. The van der Waals surface area contributed by atoms with E-state index in [9.17, 15) is 44.3 Å². The molecule has 0 amide bonds. The zero-order valence-electron chi connectivity index (χ0n) is 20.4. The Morgan fingerprint density at radius 3 is 1.42 bits per heavy atom. The molecule has 3 aromatic carbocycles. The number of carbonyl (C=O) groups is 1. The van der Waals surface area contributed by atoms with Gasteiger partial charge >= 0.3 is 18.5 Å². The number of ketones is 1. The minimum absolute atomic E-state index is 0.0151. The summed E-state index contributed by atoms with van der Waals surface area (Å²) in [5, 5.41) is 0. The molecule has 1 nitrogen and oxygen atoms in total. The summed E-state index contributed by atoms with van der Waals surface area (Å²) in [6.45, 7) is 5.02. The molecule has 0 saturated heterocycles. The van der Waals surface area contributed by atoms with Crippen LogP contribution >= 0.6 is 0 Å². The summed E-state index contributed by atoms with van der Waals surface area (Å²) in [6.07, 6.45) is -14.4. The number of benzene rings is 3. The highest BCUT2D eigenvalue weighted by atomic mass is 19.4. The van der Waals surface area contributed by atoms with E-state index in [0.717, 1.165) is 24.3 Å². The first kappa shape index (κ1) is 29.3. The lowest BCUT2D eigenvalue weighted by Crippen LogP contribution is -2.13. The van der Waals surface area contributed by atoms with Gasteiger partial charge in [-0.15, -0.1) is 0 Å². The van der Waals surface area contributed by atoms with E-state index in [-0.39, 0.29) is 34.5 Å². The van der Waals surface area contributed by atoms with E-state index in [1.165, 1.54) is 25.1 Å². The van der Waals surface area contributed by atoms with E-state index >= 15 is 0 Å². The Morgan fingerprint density at radius 2 is 1.03 bits per heavy atom. The molecule has 0 spiro atoms. The fourth-order valence-corrected chi connectivity index (χ4v) is 4.17. The van der Waals surface area contributed by atoms with Gasteiger partial charge in [0.05, 0.1) is 16.7 Å². The van der Waals surface area contributed by atoms with Crippen molar-refractivity contribution in [3.05, 3.63) is 82.9 Å². The molecule has 10 heteroatoms. The second-order valence-electron chi connectivity index (χ2n) is 9.51. The van der Waals surface area contributed by atoms with Crippen LogP contribution in [0.4, 0.5) is 39.5 Å². The summed E-state index contributed by atoms with van der Waals surface area (Å²) in [5.74, 6) is -0.974. The SMILES string of the molecule is CC(=O)[C@H](CC(C)C)c1cc(-c2ccc(C(F)(F)F)cc2)cc(-c2cc(C(F)(F)F)cc(C(F)(F)F)c2)c1. The minimum atomic E-state index is -5.07. The summed E-state index contributed by atoms with van der Waals surface area (Å²) >= 11 is 0. The molecule has 1 atom stereocenters. The summed E-state index contributed by atoms with van der Waals surface area (Å²) in [4.78, 5) is 12.5. The van der Waals surface area contributed by atoms with Crippen LogP contribution < -0.4 is 0 Å². The third-order valence-corrected chi connectivity index (χ3v) is 6.02. The van der Waals surface area contributed by atoms with Crippen molar-refractivity contribution < 1.29 is 44.3 Å². The maximum Gasteiger partial charge on any atom is 0.416 e. The Hall–Kier alpha value is -3.30. The number of hydrogen-bond acceptors (Lipinski definition) is 1. The topological polar surface area (TPSA) is 17.1 Å². The van der Waals surface area contributed by atoms with Gasteiger partial charge in [-0.25, -0.2) is 0 Å². The molecule has 0 aliphatic rings. The molecular formula is C28H23F9O. The highest BCUT2D eigenvalue weighted by Crippen LogP contribution is 2.41. The van der Waals surface area contributed by atoms with Crippen molar-refractivity contribution >= 4 is 5.78 Å². The maximum atomic E-state index is 13.5. The van der Waals surface area contributed by atoms with Crippen LogP contribution in [-0.4, -0.2) is 5.78 Å². The molecule has 0 heterocycles. The Balaban J connectivity index is 2.30. The number of halogens is 9. The number of rotatable bonds is 6. The van der Waals surface area contributed by atoms with Gasteiger partial charge in [-0.2, -0.15) is 39.5 Å². The zero-order chi connectivity index (χ0) is 28.6. The summed E-state index contributed by atoms with van der Waals surface area (Å²) in [7, 11) is 0. The van der Waals surface area contributed by atoms with Gasteiger partial charge in [0.2, 0.25) is 0 Å². The molecule has 0 bridgehead atoms. The lowest BCUT2D eigenvalue weighted by atomic mass is 9.84. The van der Waals surface area contributed by atoms with Gasteiger partial charge in [0.1, 0.15) is 5.78 Å². The summed E-state index contributed by atoms with van der Waals surface area (Å²) < 4.78 is 120. The average Bonchev–Trinajstić information content (AvgIpc) is 2.80. The van der Waals surface area contributed by atoms with Crippen molar-refractivity contribution in [3.8, 4) is 22.3 Å². The lowest BCUT2D eigenvalue weighted by Gasteiger charge is -2.20. The van der Waals surface area contributed by atoms with Crippen molar-refractivity contribution in [3.63, 3.8) is 0 Å². The zero-order valence-corrected chi connectivity index (χ0v) is 20.4. The molecule has 0 aromatic heterocycles. The Bertz CT molecular complexity index is 1270. The smallest absolute Gasteiger partial charge is 0.299 e. The lowest BCUT2D eigenvalue weighted by molar-refractivity contribution is -0.143. The predicted molar refractivity (Wildman–Crippen MR) is 125 cm³/mol. The molecular weight excluding hydrogens is 523 g/mol. The number of carbonyl (C=O) groups excluding carboxylic acids is 1. The van der Waals surface area contributed by atoms with Crippen LogP contribution in [0.25, 0.3) is 22.3 Å². The van der Waals surface area contributed by atoms with Gasteiger partial charge in [-0.3, -0.25) is 4.79 Å².